The molecule has 1 amide bonds. The van der Waals surface area contributed by atoms with Gasteiger partial charge in [-0.2, -0.15) is 0 Å². The van der Waals surface area contributed by atoms with Gasteiger partial charge in [0.05, 0.1) is 34.2 Å². The third-order valence-corrected chi connectivity index (χ3v) is 8.08. The minimum absolute atomic E-state index is 0.166. The van der Waals surface area contributed by atoms with Gasteiger partial charge >= 0.3 is 0 Å². The molecule has 1 aliphatic rings. The minimum atomic E-state index is -0.166. The van der Waals surface area contributed by atoms with E-state index in [9.17, 15) is 4.79 Å². The first kappa shape index (κ1) is 35.4. The summed E-state index contributed by atoms with van der Waals surface area (Å²) in [6.07, 6.45) is 12.8. The fraction of sp³-hybridized carbons (Fsp3) is 0.205. The molecule has 0 radical (unpaired) electrons. The number of nitrogens with zero attached hydrogens (tertiary/aromatic N) is 3. The number of benzene rings is 3. The lowest BCUT2D eigenvalue weighted by Gasteiger charge is -2.22. The Bertz CT molecular complexity index is 1800. The number of amides is 1. The number of hydroxylamine groups is 1. The zero-order chi connectivity index (χ0) is 33.6. The van der Waals surface area contributed by atoms with Gasteiger partial charge in [0.2, 0.25) is 0 Å². The van der Waals surface area contributed by atoms with Gasteiger partial charge in [0.1, 0.15) is 0 Å². The fourth-order valence-corrected chi connectivity index (χ4v) is 5.12. The van der Waals surface area contributed by atoms with Gasteiger partial charge in [-0.05, 0) is 93.3 Å². The molecule has 0 aliphatic carbocycles. The summed E-state index contributed by atoms with van der Waals surface area (Å²) in [4.78, 5) is 27.7. The fourth-order valence-electron chi connectivity index (χ4n) is 4.84. The van der Waals surface area contributed by atoms with Gasteiger partial charge in [0.15, 0.2) is 0 Å². The van der Waals surface area contributed by atoms with Gasteiger partial charge in [0.25, 0.3) is 5.91 Å². The van der Waals surface area contributed by atoms with Crippen LogP contribution in [0.1, 0.15) is 48.5 Å². The highest BCUT2D eigenvalue weighted by molar-refractivity contribution is 6.33. The first-order valence-electron chi connectivity index (χ1n) is 15.6. The maximum atomic E-state index is 13.1. The van der Waals surface area contributed by atoms with Crippen molar-refractivity contribution in [3.63, 3.8) is 0 Å². The number of nitrogens with one attached hydrogen (secondary N) is 1. The molecule has 8 heteroatoms. The van der Waals surface area contributed by atoms with Crippen LogP contribution in [0.2, 0.25) is 5.02 Å². The number of hydrogen-bond acceptors (Lipinski definition) is 5. The van der Waals surface area contributed by atoms with Crippen molar-refractivity contribution in [2.75, 3.05) is 23.5 Å². The summed E-state index contributed by atoms with van der Waals surface area (Å²) in [5.74, 6) is -0.166. The van der Waals surface area contributed by atoms with Crippen molar-refractivity contribution in [1.29, 1.82) is 0 Å². The molecule has 4 aromatic rings. The number of carbonyl (C=O) groups is 1. The normalized spacial score (nSPS) is 13.7. The third-order valence-electron chi connectivity index (χ3n) is 7.38. The Morgan fingerprint density at radius 3 is 2.70 bits per heavy atom. The summed E-state index contributed by atoms with van der Waals surface area (Å²) in [7, 11) is 0. The first-order chi connectivity index (χ1) is 22.8. The average molecular weight is 668 g/mol. The quantitative estimate of drug-likeness (QED) is 0.143. The van der Waals surface area contributed by atoms with E-state index >= 15 is 0 Å². The van der Waals surface area contributed by atoms with Crippen LogP contribution in [-0.4, -0.2) is 30.3 Å². The summed E-state index contributed by atoms with van der Waals surface area (Å²) in [5.41, 5.74) is 6.29. The van der Waals surface area contributed by atoms with Gasteiger partial charge in [-0.15, -0.1) is 0 Å². The number of aryl methyl sites for hydroxylation is 1. The van der Waals surface area contributed by atoms with E-state index in [0.29, 0.717) is 28.4 Å². The number of anilines is 2. The SMILES string of the molecule is C=C/C=C\C(=C)N=CC/C(Cl)=C\C.Cc1cc(N2CCCCCO2)ccc1C(=O)Nc1ccc(Cl)c(-c2ccc3ccccc3n2)c1. The smallest absolute Gasteiger partial charge is 0.255 e. The molecule has 47 heavy (non-hydrogen) atoms. The molecule has 0 atom stereocenters. The van der Waals surface area contributed by atoms with Crippen LogP contribution < -0.4 is 10.4 Å². The van der Waals surface area contributed by atoms with Crippen LogP contribution in [0.25, 0.3) is 22.2 Å². The van der Waals surface area contributed by atoms with Crippen LogP contribution in [0.4, 0.5) is 11.4 Å². The molecule has 1 saturated heterocycles. The molecule has 5 rings (SSSR count). The van der Waals surface area contributed by atoms with Gasteiger partial charge < -0.3 is 5.32 Å². The molecular formula is C39H40Cl2N4O2. The predicted octanol–water partition coefficient (Wildman–Crippen LogP) is 10.9. The van der Waals surface area contributed by atoms with E-state index in [1.807, 2.05) is 85.7 Å². The lowest BCUT2D eigenvalue weighted by molar-refractivity contribution is 0.102. The topological polar surface area (TPSA) is 66.8 Å². The van der Waals surface area contributed by atoms with E-state index in [2.05, 4.69) is 23.5 Å². The second-order valence-electron chi connectivity index (χ2n) is 10.9. The molecule has 242 valence electrons. The number of hydrogen-bond donors (Lipinski definition) is 1. The van der Waals surface area contributed by atoms with E-state index in [0.717, 1.165) is 64.4 Å². The van der Waals surface area contributed by atoms with Crippen molar-refractivity contribution in [1.82, 2.24) is 4.98 Å². The molecule has 1 N–H and O–H groups in total. The highest BCUT2D eigenvalue weighted by Crippen LogP contribution is 2.31. The Morgan fingerprint density at radius 2 is 1.91 bits per heavy atom. The molecule has 6 nitrogen and oxygen atoms in total. The van der Waals surface area contributed by atoms with E-state index in [1.54, 1.807) is 36.6 Å². The Morgan fingerprint density at radius 1 is 1.09 bits per heavy atom. The van der Waals surface area contributed by atoms with E-state index in [-0.39, 0.29) is 5.91 Å². The minimum Gasteiger partial charge on any atom is -0.322 e. The van der Waals surface area contributed by atoms with Crippen molar-refractivity contribution in [3.8, 4) is 11.3 Å². The Kier molecular flexibility index (Phi) is 13.5. The van der Waals surface area contributed by atoms with Gasteiger partial charge in [-0.25, -0.2) is 4.98 Å². The Labute approximate surface area is 287 Å². The summed E-state index contributed by atoms with van der Waals surface area (Å²) >= 11 is 12.3. The molecule has 2 heterocycles. The van der Waals surface area contributed by atoms with Gasteiger partial charge in [-0.3, -0.25) is 19.7 Å². The number of rotatable bonds is 9. The Balaban J connectivity index is 0.000000328. The zero-order valence-electron chi connectivity index (χ0n) is 26.9. The summed E-state index contributed by atoms with van der Waals surface area (Å²) in [5, 5.41) is 7.38. The van der Waals surface area contributed by atoms with Gasteiger partial charge in [-0.1, -0.05) is 78.9 Å². The van der Waals surface area contributed by atoms with Crippen molar-refractivity contribution < 1.29 is 9.63 Å². The summed E-state index contributed by atoms with van der Waals surface area (Å²) in [6.45, 7) is 12.7. The van der Waals surface area contributed by atoms with Crippen molar-refractivity contribution in [2.24, 2.45) is 4.99 Å². The molecular weight excluding hydrogens is 627 g/mol. The number of allylic oxidation sites excluding steroid dienone is 5. The van der Waals surface area contributed by atoms with Crippen molar-refractivity contribution >= 4 is 57.6 Å². The van der Waals surface area contributed by atoms with Crippen LogP contribution in [-0.2, 0) is 4.84 Å². The number of aliphatic imine (C=N–C) groups is 1. The molecule has 0 bridgehead atoms. The highest BCUT2D eigenvalue weighted by Gasteiger charge is 2.16. The number of halogens is 2. The molecule has 0 unspecified atom stereocenters. The summed E-state index contributed by atoms with van der Waals surface area (Å²) in [6, 6.07) is 23.2. The molecule has 0 saturated carbocycles. The number of fused-ring (bicyclic) bond motifs is 1. The molecule has 0 spiro atoms. The van der Waals surface area contributed by atoms with E-state index < -0.39 is 0 Å². The average Bonchev–Trinajstić information content (AvgIpc) is 3.38. The first-order valence-corrected chi connectivity index (χ1v) is 16.3. The predicted molar refractivity (Wildman–Crippen MR) is 200 cm³/mol. The molecule has 1 aliphatic heterocycles. The van der Waals surface area contributed by atoms with Gasteiger partial charge in [0, 0.05) is 46.4 Å². The lowest BCUT2D eigenvalue weighted by Crippen LogP contribution is -2.23. The van der Waals surface area contributed by atoms with Crippen LogP contribution in [0.5, 0.6) is 0 Å². The van der Waals surface area contributed by atoms with Crippen LogP contribution >= 0.6 is 23.2 Å². The summed E-state index contributed by atoms with van der Waals surface area (Å²) < 4.78 is 0. The lowest BCUT2D eigenvalue weighted by atomic mass is 10.1. The van der Waals surface area contributed by atoms with Crippen LogP contribution in [0, 0.1) is 6.92 Å². The zero-order valence-corrected chi connectivity index (χ0v) is 28.4. The van der Waals surface area contributed by atoms with Crippen molar-refractivity contribution in [2.45, 2.75) is 39.5 Å². The second-order valence-corrected chi connectivity index (χ2v) is 11.8. The number of para-hydroxylation sites is 1. The molecule has 1 fully saturated rings. The van der Waals surface area contributed by atoms with Crippen LogP contribution in [0.3, 0.4) is 0 Å². The Hall–Kier alpha value is -4.49. The maximum absolute atomic E-state index is 13.1. The van der Waals surface area contributed by atoms with Crippen molar-refractivity contribution in [3.05, 3.63) is 137 Å². The largest absolute Gasteiger partial charge is 0.322 e. The molecule has 1 aromatic heterocycles. The number of pyridine rings is 1. The van der Waals surface area contributed by atoms with E-state index in [4.69, 9.17) is 33.0 Å². The third kappa shape index (κ3) is 10.5. The highest BCUT2D eigenvalue weighted by atomic mass is 35.5. The van der Waals surface area contributed by atoms with Crippen LogP contribution in [0.15, 0.2) is 126 Å². The monoisotopic (exact) mass is 666 g/mol. The standard InChI is InChI=1S/C28H26ClN3O2.C11H14ClN/c1-19-17-22(32-15-5-2-6-16-34-32)11-12-23(19)28(33)30-21-10-13-25(29)24(18-21)27-14-9-20-7-3-4-8-26(20)31-27;1-4-6-7-10(3)13-9-8-11(12)5-2/h3-4,7-14,17-18H,2,5-6,15-16H2,1H3,(H,30,33);4-7,9H,1,3,8H2,2H3/b;7-6-,11-5+,13-9?. The second kappa shape index (κ2) is 18.0. The number of carbonyl (C=O) groups excluding carboxylic acids is 1. The molecule has 3 aromatic carbocycles. The number of aromatic nitrogens is 1. The maximum Gasteiger partial charge on any atom is 0.255 e. The van der Waals surface area contributed by atoms with E-state index in [1.165, 1.54) is 6.42 Å².